The van der Waals surface area contributed by atoms with Crippen LogP contribution in [0.5, 0.6) is 0 Å². The molecule has 82 valence electrons. The van der Waals surface area contributed by atoms with Crippen LogP contribution in [0.15, 0.2) is 18.2 Å². The van der Waals surface area contributed by atoms with E-state index >= 15 is 0 Å². The minimum absolute atomic E-state index is 0.283. The minimum atomic E-state index is -0.958. The van der Waals surface area contributed by atoms with Crippen LogP contribution in [0.1, 0.15) is 18.1 Å². The van der Waals surface area contributed by atoms with Crippen LogP contribution in [0.4, 0.5) is 0 Å². The fourth-order valence-corrected chi connectivity index (χ4v) is 1.21. The van der Waals surface area contributed by atoms with Gasteiger partial charge in [0.25, 0.3) is 0 Å². The topological polar surface area (TPSA) is 46.5 Å². The molecule has 1 aromatic carbocycles. The first-order valence-corrected chi connectivity index (χ1v) is 4.98. The average molecular weight is 229 g/mol. The predicted molar refractivity (Wildman–Crippen MR) is 58.1 cm³/mol. The van der Waals surface area contributed by atoms with Gasteiger partial charge in [0.1, 0.15) is 0 Å². The van der Waals surface area contributed by atoms with Gasteiger partial charge in [0.15, 0.2) is 6.10 Å². The molecular weight excluding hydrogens is 216 g/mol. The summed E-state index contributed by atoms with van der Waals surface area (Å²) in [7, 11) is 0. The first kappa shape index (κ1) is 12.0. The number of carboxylic acid groups (broad SMARTS) is 1. The zero-order chi connectivity index (χ0) is 11.4. The Labute approximate surface area is 93.6 Å². The Morgan fingerprint density at radius 1 is 1.60 bits per heavy atom. The maximum absolute atomic E-state index is 10.5. The summed E-state index contributed by atoms with van der Waals surface area (Å²) in [6.07, 6.45) is -0.791. The van der Waals surface area contributed by atoms with Gasteiger partial charge in [-0.1, -0.05) is 23.7 Å². The second-order valence-electron chi connectivity index (χ2n) is 3.38. The van der Waals surface area contributed by atoms with E-state index in [1.165, 1.54) is 6.92 Å². The molecule has 0 unspecified atom stereocenters. The van der Waals surface area contributed by atoms with Gasteiger partial charge in [0.05, 0.1) is 6.61 Å². The van der Waals surface area contributed by atoms with Crippen LogP contribution >= 0.6 is 11.6 Å². The number of hydrogen-bond acceptors (Lipinski definition) is 2. The molecule has 0 radical (unpaired) electrons. The molecule has 0 aromatic heterocycles. The highest BCUT2D eigenvalue weighted by atomic mass is 35.5. The van der Waals surface area contributed by atoms with E-state index < -0.39 is 12.1 Å². The molecule has 0 saturated carbocycles. The Kier molecular flexibility index (Phi) is 4.12. The molecule has 0 amide bonds. The average Bonchev–Trinajstić information content (AvgIpc) is 2.19. The van der Waals surface area contributed by atoms with Gasteiger partial charge in [0.2, 0.25) is 0 Å². The second-order valence-corrected chi connectivity index (χ2v) is 3.78. The Morgan fingerprint density at radius 3 is 2.80 bits per heavy atom. The summed E-state index contributed by atoms with van der Waals surface area (Å²) in [5.41, 5.74) is 1.88. The maximum atomic E-state index is 10.5. The highest BCUT2D eigenvalue weighted by molar-refractivity contribution is 6.31. The van der Waals surface area contributed by atoms with E-state index in [2.05, 4.69) is 0 Å². The fraction of sp³-hybridized carbons (Fsp3) is 0.364. The van der Waals surface area contributed by atoms with E-state index in [9.17, 15) is 4.79 Å². The van der Waals surface area contributed by atoms with Crippen molar-refractivity contribution < 1.29 is 14.6 Å². The van der Waals surface area contributed by atoms with Crippen molar-refractivity contribution in [2.75, 3.05) is 0 Å². The van der Waals surface area contributed by atoms with Gasteiger partial charge in [-0.25, -0.2) is 4.79 Å². The number of benzene rings is 1. The van der Waals surface area contributed by atoms with Gasteiger partial charge >= 0.3 is 5.97 Å². The molecule has 1 aromatic rings. The van der Waals surface area contributed by atoms with Gasteiger partial charge in [0, 0.05) is 5.02 Å². The Morgan fingerprint density at radius 2 is 2.27 bits per heavy atom. The number of carbonyl (C=O) groups is 1. The summed E-state index contributed by atoms with van der Waals surface area (Å²) in [4.78, 5) is 10.5. The van der Waals surface area contributed by atoms with Gasteiger partial charge in [-0.15, -0.1) is 0 Å². The predicted octanol–water partition coefficient (Wildman–Crippen LogP) is 2.64. The number of ether oxygens (including phenoxy) is 1. The molecule has 3 nitrogen and oxygen atoms in total. The molecular formula is C11H13ClO3. The van der Waals surface area contributed by atoms with Crippen LogP contribution in [-0.2, 0) is 16.1 Å². The van der Waals surface area contributed by atoms with Gasteiger partial charge < -0.3 is 9.84 Å². The summed E-state index contributed by atoms with van der Waals surface area (Å²) in [5, 5.41) is 9.31. The lowest BCUT2D eigenvalue weighted by atomic mass is 10.1. The van der Waals surface area contributed by atoms with Crippen LogP contribution in [0.2, 0.25) is 5.02 Å². The molecule has 1 rings (SSSR count). The minimum Gasteiger partial charge on any atom is -0.479 e. The third kappa shape index (κ3) is 3.53. The van der Waals surface area contributed by atoms with E-state index in [1.807, 2.05) is 19.1 Å². The largest absolute Gasteiger partial charge is 0.479 e. The molecule has 0 aliphatic rings. The lowest BCUT2D eigenvalue weighted by Gasteiger charge is -2.09. The Balaban J connectivity index is 2.58. The van der Waals surface area contributed by atoms with Crippen LogP contribution in [0.3, 0.4) is 0 Å². The van der Waals surface area contributed by atoms with Crippen LogP contribution < -0.4 is 0 Å². The first-order chi connectivity index (χ1) is 7.00. The maximum Gasteiger partial charge on any atom is 0.332 e. The van der Waals surface area contributed by atoms with Crippen molar-refractivity contribution in [3.63, 3.8) is 0 Å². The molecule has 4 heteroatoms. The van der Waals surface area contributed by atoms with Crippen molar-refractivity contribution in [3.8, 4) is 0 Å². The summed E-state index contributed by atoms with van der Waals surface area (Å²) >= 11 is 5.86. The van der Waals surface area contributed by atoms with Gasteiger partial charge in [-0.2, -0.15) is 0 Å². The van der Waals surface area contributed by atoms with Crippen molar-refractivity contribution in [2.45, 2.75) is 26.6 Å². The molecule has 0 spiro atoms. The number of halogens is 1. The summed E-state index contributed by atoms with van der Waals surface area (Å²) in [6.45, 7) is 3.68. The SMILES string of the molecule is Cc1cc(CO[C@H](C)C(=O)O)ccc1Cl. The number of rotatable bonds is 4. The van der Waals surface area contributed by atoms with Gasteiger partial charge in [-0.05, 0) is 31.0 Å². The fourth-order valence-electron chi connectivity index (χ4n) is 1.09. The highest BCUT2D eigenvalue weighted by Crippen LogP contribution is 2.17. The van der Waals surface area contributed by atoms with E-state index in [4.69, 9.17) is 21.4 Å². The van der Waals surface area contributed by atoms with Crippen LogP contribution in [-0.4, -0.2) is 17.2 Å². The van der Waals surface area contributed by atoms with Gasteiger partial charge in [-0.3, -0.25) is 0 Å². The molecule has 0 aliphatic heterocycles. The first-order valence-electron chi connectivity index (χ1n) is 4.60. The summed E-state index contributed by atoms with van der Waals surface area (Å²) in [5.74, 6) is -0.958. The summed E-state index contributed by atoms with van der Waals surface area (Å²) < 4.78 is 5.14. The van der Waals surface area contributed by atoms with Crippen LogP contribution in [0, 0.1) is 6.92 Å². The normalized spacial score (nSPS) is 12.5. The highest BCUT2D eigenvalue weighted by Gasteiger charge is 2.10. The molecule has 0 bridgehead atoms. The van der Waals surface area contributed by atoms with Crippen molar-refractivity contribution in [2.24, 2.45) is 0 Å². The molecule has 0 saturated heterocycles. The third-order valence-corrected chi connectivity index (χ3v) is 2.49. The molecule has 0 fully saturated rings. The zero-order valence-corrected chi connectivity index (χ0v) is 9.41. The lowest BCUT2D eigenvalue weighted by molar-refractivity contribution is -0.149. The van der Waals surface area contributed by atoms with E-state index in [0.717, 1.165) is 11.1 Å². The third-order valence-electron chi connectivity index (χ3n) is 2.07. The second kappa shape index (κ2) is 5.14. The number of hydrogen-bond donors (Lipinski definition) is 1. The monoisotopic (exact) mass is 228 g/mol. The number of aryl methyl sites for hydroxylation is 1. The molecule has 15 heavy (non-hydrogen) atoms. The van der Waals surface area contributed by atoms with E-state index in [1.54, 1.807) is 6.07 Å². The standard InChI is InChI=1S/C11H13ClO3/c1-7-5-9(3-4-10(7)12)6-15-8(2)11(13)14/h3-5,8H,6H2,1-2H3,(H,13,14)/t8-/m1/s1. The van der Waals surface area contributed by atoms with Crippen molar-refractivity contribution in [1.29, 1.82) is 0 Å². The molecule has 0 aliphatic carbocycles. The van der Waals surface area contributed by atoms with Crippen molar-refractivity contribution >= 4 is 17.6 Å². The zero-order valence-electron chi connectivity index (χ0n) is 8.66. The van der Waals surface area contributed by atoms with Crippen LogP contribution in [0.25, 0.3) is 0 Å². The number of aliphatic carboxylic acids is 1. The lowest BCUT2D eigenvalue weighted by Crippen LogP contribution is -2.19. The molecule has 1 atom stereocenters. The smallest absolute Gasteiger partial charge is 0.332 e. The quantitative estimate of drug-likeness (QED) is 0.862. The van der Waals surface area contributed by atoms with E-state index in [-0.39, 0.29) is 6.61 Å². The molecule has 1 N–H and O–H groups in total. The molecule has 0 heterocycles. The van der Waals surface area contributed by atoms with E-state index in [0.29, 0.717) is 5.02 Å². The Hall–Kier alpha value is -1.06. The van der Waals surface area contributed by atoms with Crippen molar-refractivity contribution in [1.82, 2.24) is 0 Å². The number of carboxylic acids is 1. The van der Waals surface area contributed by atoms with Crippen molar-refractivity contribution in [3.05, 3.63) is 34.3 Å². The Bertz CT molecular complexity index is 363. The summed E-state index contributed by atoms with van der Waals surface area (Å²) in [6, 6.07) is 5.49.